The van der Waals surface area contributed by atoms with Crippen LogP contribution in [0.2, 0.25) is 0 Å². The molecule has 0 atom stereocenters. The van der Waals surface area contributed by atoms with Crippen LogP contribution in [0.25, 0.3) is 0 Å². The van der Waals surface area contributed by atoms with Gasteiger partial charge in [-0.15, -0.1) is 11.3 Å². The van der Waals surface area contributed by atoms with E-state index in [1.54, 1.807) is 6.07 Å². The van der Waals surface area contributed by atoms with Crippen LogP contribution in [-0.2, 0) is 4.79 Å². The molecular weight excluding hydrogens is 316 g/mol. The molecule has 1 aliphatic carbocycles. The molecule has 0 aliphatic heterocycles. The van der Waals surface area contributed by atoms with Gasteiger partial charge >= 0.3 is 0 Å². The first-order valence-electron chi connectivity index (χ1n) is 5.98. The third-order valence-corrected chi connectivity index (χ3v) is 4.81. The highest BCUT2D eigenvalue weighted by Gasteiger charge is 2.23. The predicted molar refractivity (Wildman–Crippen MR) is 75.7 cm³/mol. The second-order valence-corrected chi connectivity index (χ2v) is 6.91. The van der Waals surface area contributed by atoms with Gasteiger partial charge in [0, 0.05) is 5.92 Å². The van der Waals surface area contributed by atoms with Crippen molar-refractivity contribution in [2.75, 3.05) is 5.32 Å². The molecule has 1 aliphatic rings. The quantitative estimate of drug-likeness (QED) is 0.893. The number of carbonyl (C=O) groups excluding carboxylic acids is 2. The Morgan fingerprint density at radius 3 is 2.61 bits per heavy atom. The summed E-state index contributed by atoms with van der Waals surface area (Å²) < 4.78 is 0.787. The topological polar surface area (TPSA) is 72.2 Å². The van der Waals surface area contributed by atoms with Gasteiger partial charge in [-0.3, -0.25) is 9.59 Å². The molecule has 0 aromatic carbocycles. The minimum atomic E-state index is -0.510. The Labute approximate surface area is 118 Å². The lowest BCUT2D eigenvalue weighted by Gasteiger charge is -2.20. The molecule has 1 fully saturated rings. The normalized spacial score (nSPS) is 16.5. The molecule has 0 spiro atoms. The molecule has 1 heterocycles. The molecule has 18 heavy (non-hydrogen) atoms. The van der Waals surface area contributed by atoms with Gasteiger partial charge in [-0.05, 0) is 34.8 Å². The molecule has 2 rings (SSSR count). The average molecular weight is 331 g/mol. The lowest BCUT2D eigenvalue weighted by atomic mass is 9.88. The average Bonchev–Trinajstić information content (AvgIpc) is 2.71. The summed E-state index contributed by atoms with van der Waals surface area (Å²) in [4.78, 5) is 23.7. The number of primary amides is 1. The van der Waals surface area contributed by atoms with Crippen LogP contribution in [-0.4, -0.2) is 11.8 Å². The number of nitrogens with two attached hydrogens (primary N) is 1. The summed E-state index contributed by atoms with van der Waals surface area (Å²) in [5.41, 5.74) is 5.80. The van der Waals surface area contributed by atoms with Crippen LogP contribution in [0.15, 0.2) is 9.85 Å². The molecule has 1 aromatic heterocycles. The molecule has 1 saturated carbocycles. The lowest BCUT2D eigenvalue weighted by Crippen LogP contribution is -2.25. The molecule has 2 amide bonds. The summed E-state index contributed by atoms with van der Waals surface area (Å²) >= 11 is 4.54. The number of rotatable bonds is 3. The molecule has 98 valence electrons. The summed E-state index contributed by atoms with van der Waals surface area (Å²) in [6, 6.07) is 1.73. The summed E-state index contributed by atoms with van der Waals surface area (Å²) in [6.07, 6.45) is 5.29. The van der Waals surface area contributed by atoms with E-state index < -0.39 is 5.91 Å². The zero-order valence-corrected chi connectivity index (χ0v) is 12.3. The second-order valence-electron chi connectivity index (χ2n) is 4.48. The molecule has 0 saturated heterocycles. The van der Waals surface area contributed by atoms with Crippen molar-refractivity contribution in [2.45, 2.75) is 32.1 Å². The zero-order valence-electron chi connectivity index (χ0n) is 9.87. The molecule has 6 heteroatoms. The van der Waals surface area contributed by atoms with Gasteiger partial charge in [-0.25, -0.2) is 0 Å². The van der Waals surface area contributed by atoms with E-state index in [0.717, 1.165) is 29.5 Å². The van der Waals surface area contributed by atoms with E-state index in [9.17, 15) is 9.59 Å². The van der Waals surface area contributed by atoms with Gasteiger partial charge in [0.15, 0.2) is 0 Å². The molecule has 0 bridgehead atoms. The first kappa shape index (κ1) is 13.5. The maximum absolute atomic E-state index is 12.1. The van der Waals surface area contributed by atoms with Crippen LogP contribution in [0.3, 0.4) is 0 Å². The van der Waals surface area contributed by atoms with Crippen molar-refractivity contribution in [1.29, 1.82) is 0 Å². The van der Waals surface area contributed by atoms with Crippen LogP contribution in [0.1, 0.15) is 41.8 Å². The van der Waals surface area contributed by atoms with Crippen LogP contribution < -0.4 is 11.1 Å². The fourth-order valence-electron chi connectivity index (χ4n) is 2.24. The Hall–Kier alpha value is -0.880. The van der Waals surface area contributed by atoms with E-state index in [1.807, 2.05) is 0 Å². The van der Waals surface area contributed by atoms with Gasteiger partial charge in [0.1, 0.15) is 4.88 Å². The summed E-state index contributed by atoms with van der Waals surface area (Å²) in [6.45, 7) is 0. The first-order valence-corrected chi connectivity index (χ1v) is 7.59. The second kappa shape index (κ2) is 5.84. The van der Waals surface area contributed by atoms with Gasteiger partial charge in [-0.2, -0.15) is 0 Å². The highest BCUT2D eigenvalue weighted by Crippen LogP contribution is 2.32. The Morgan fingerprint density at radius 1 is 1.33 bits per heavy atom. The highest BCUT2D eigenvalue weighted by molar-refractivity contribution is 9.11. The van der Waals surface area contributed by atoms with Crippen LogP contribution >= 0.6 is 27.3 Å². The number of hydrogen-bond donors (Lipinski definition) is 2. The number of hydrogen-bond acceptors (Lipinski definition) is 3. The lowest BCUT2D eigenvalue weighted by molar-refractivity contribution is -0.120. The minimum Gasteiger partial charge on any atom is -0.365 e. The van der Waals surface area contributed by atoms with Gasteiger partial charge in [0.25, 0.3) is 5.91 Å². The Balaban J connectivity index is 2.08. The third kappa shape index (κ3) is 3.11. The highest BCUT2D eigenvalue weighted by atomic mass is 79.9. The van der Waals surface area contributed by atoms with Crippen LogP contribution in [0.4, 0.5) is 5.69 Å². The fraction of sp³-hybridized carbons (Fsp3) is 0.500. The number of anilines is 1. The number of thiophene rings is 1. The smallest absolute Gasteiger partial charge is 0.260 e. The van der Waals surface area contributed by atoms with E-state index >= 15 is 0 Å². The maximum Gasteiger partial charge on any atom is 0.260 e. The minimum absolute atomic E-state index is 0.00231. The summed E-state index contributed by atoms with van der Waals surface area (Å²) in [5, 5.41) is 2.82. The van der Waals surface area contributed by atoms with Gasteiger partial charge < -0.3 is 11.1 Å². The Kier molecular flexibility index (Phi) is 4.40. The van der Waals surface area contributed by atoms with Crippen molar-refractivity contribution in [3.8, 4) is 0 Å². The van der Waals surface area contributed by atoms with Crippen molar-refractivity contribution in [3.05, 3.63) is 14.7 Å². The molecule has 4 nitrogen and oxygen atoms in total. The number of carbonyl (C=O) groups is 2. The summed E-state index contributed by atoms with van der Waals surface area (Å²) in [7, 11) is 0. The summed E-state index contributed by atoms with van der Waals surface area (Å²) in [5.74, 6) is -0.440. The SMILES string of the molecule is NC(=O)c1sc(Br)cc1NC(=O)C1CCCCC1. The van der Waals surface area contributed by atoms with Crippen molar-refractivity contribution in [2.24, 2.45) is 11.7 Å². The first-order chi connectivity index (χ1) is 8.58. The van der Waals surface area contributed by atoms with Crippen molar-refractivity contribution < 1.29 is 9.59 Å². The Bertz CT molecular complexity index is 467. The number of halogens is 1. The van der Waals surface area contributed by atoms with Gasteiger partial charge in [0.2, 0.25) is 5.91 Å². The fourth-order valence-corrected chi connectivity index (χ4v) is 3.64. The van der Waals surface area contributed by atoms with E-state index in [4.69, 9.17) is 5.73 Å². The van der Waals surface area contributed by atoms with E-state index in [-0.39, 0.29) is 11.8 Å². The predicted octanol–water partition coefficient (Wildman–Crippen LogP) is 3.13. The van der Waals surface area contributed by atoms with Crippen molar-refractivity contribution in [3.63, 3.8) is 0 Å². The van der Waals surface area contributed by atoms with E-state index in [0.29, 0.717) is 10.6 Å². The van der Waals surface area contributed by atoms with Crippen LogP contribution in [0.5, 0.6) is 0 Å². The standard InChI is InChI=1S/C12H15BrN2O2S/c13-9-6-8(10(18-9)11(14)16)15-12(17)7-4-2-1-3-5-7/h6-7H,1-5H2,(H2,14,16)(H,15,17). The van der Waals surface area contributed by atoms with E-state index in [2.05, 4.69) is 21.2 Å². The largest absolute Gasteiger partial charge is 0.365 e. The van der Waals surface area contributed by atoms with Crippen LogP contribution in [0, 0.1) is 5.92 Å². The van der Waals surface area contributed by atoms with Gasteiger partial charge in [-0.1, -0.05) is 19.3 Å². The molecule has 0 unspecified atom stereocenters. The number of amides is 2. The monoisotopic (exact) mass is 330 g/mol. The van der Waals surface area contributed by atoms with Crippen molar-refractivity contribution >= 4 is 44.8 Å². The zero-order chi connectivity index (χ0) is 13.1. The molecule has 0 radical (unpaired) electrons. The Morgan fingerprint density at radius 2 is 2.00 bits per heavy atom. The number of nitrogens with one attached hydrogen (secondary N) is 1. The molecule has 3 N–H and O–H groups in total. The van der Waals surface area contributed by atoms with Gasteiger partial charge in [0.05, 0.1) is 9.47 Å². The van der Waals surface area contributed by atoms with E-state index in [1.165, 1.54) is 17.8 Å². The van der Waals surface area contributed by atoms with Crippen molar-refractivity contribution in [1.82, 2.24) is 0 Å². The third-order valence-electron chi connectivity index (χ3n) is 3.16. The molecular formula is C12H15BrN2O2S. The maximum atomic E-state index is 12.1. The molecule has 1 aromatic rings.